The largest absolute Gasteiger partial charge is 0.494 e. The van der Waals surface area contributed by atoms with Crippen molar-refractivity contribution in [3.63, 3.8) is 0 Å². The third-order valence-corrected chi connectivity index (χ3v) is 4.90. The Balaban J connectivity index is 1.81. The molecule has 0 radical (unpaired) electrons. The number of ether oxygens (including phenoxy) is 1. The summed E-state index contributed by atoms with van der Waals surface area (Å²) < 4.78 is 5.41. The number of hydrogen-bond acceptors (Lipinski definition) is 4. The first-order valence-electron chi connectivity index (χ1n) is 7.40. The molecule has 1 atom stereocenters. The number of thioether (sulfide) groups is 1. The second-order valence-corrected chi connectivity index (χ2v) is 6.82. The summed E-state index contributed by atoms with van der Waals surface area (Å²) in [5.41, 5.74) is 5.88. The first kappa shape index (κ1) is 16.2. The highest BCUT2D eigenvalue weighted by atomic mass is 32.2. The SMILES string of the molecule is CCOc1ccc(SCC(=O)N2CCC(C)(CN)C2)cc1. The third-order valence-electron chi connectivity index (χ3n) is 3.90. The van der Waals surface area contributed by atoms with Gasteiger partial charge in [0.15, 0.2) is 0 Å². The normalized spacial score (nSPS) is 21.6. The van der Waals surface area contributed by atoms with Crippen LogP contribution in [0.25, 0.3) is 0 Å². The summed E-state index contributed by atoms with van der Waals surface area (Å²) in [5.74, 6) is 1.55. The number of nitrogens with zero attached hydrogens (tertiary/aromatic N) is 1. The third kappa shape index (κ3) is 4.38. The van der Waals surface area contributed by atoms with E-state index in [0.29, 0.717) is 18.9 Å². The van der Waals surface area contributed by atoms with Crippen LogP contribution in [0.4, 0.5) is 0 Å². The predicted molar refractivity (Wildman–Crippen MR) is 86.7 cm³/mol. The molecule has 0 bridgehead atoms. The average molecular weight is 308 g/mol. The van der Waals surface area contributed by atoms with Gasteiger partial charge in [0.1, 0.15) is 5.75 Å². The van der Waals surface area contributed by atoms with E-state index in [1.165, 1.54) is 0 Å². The van der Waals surface area contributed by atoms with Crippen LogP contribution in [0.3, 0.4) is 0 Å². The zero-order chi connectivity index (χ0) is 15.3. The van der Waals surface area contributed by atoms with Crippen LogP contribution in [-0.4, -0.2) is 42.8 Å². The summed E-state index contributed by atoms with van der Waals surface area (Å²) in [4.78, 5) is 15.3. The van der Waals surface area contributed by atoms with Crippen LogP contribution in [-0.2, 0) is 4.79 Å². The second-order valence-electron chi connectivity index (χ2n) is 5.77. The first-order valence-corrected chi connectivity index (χ1v) is 8.38. The van der Waals surface area contributed by atoms with Gasteiger partial charge in [-0.25, -0.2) is 0 Å². The molecule has 2 rings (SSSR count). The molecule has 116 valence electrons. The highest BCUT2D eigenvalue weighted by molar-refractivity contribution is 8.00. The molecular formula is C16H24N2O2S. The van der Waals surface area contributed by atoms with E-state index in [4.69, 9.17) is 10.5 Å². The van der Waals surface area contributed by atoms with Crippen molar-refractivity contribution in [3.05, 3.63) is 24.3 Å². The number of benzene rings is 1. The van der Waals surface area contributed by atoms with Gasteiger partial charge < -0.3 is 15.4 Å². The van der Waals surface area contributed by atoms with Gasteiger partial charge in [0.25, 0.3) is 0 Å². The number of hydrogen-bond donors (Lipinski definition) is 1. The molecule has 4 nitrogen and oxygen atoms in total. The quantitative estimate of drug-likeness (QED) is 0.820. The lowest BCUT2D eigenvalue weighted by molar-refractivity contribution is -0.127. The zero-order valence-corrected chi connectivity index (χ0v) is 13.6. The van der Waals surface area contributed by atoms with Gasteiger partial charge in [-0.15, -0.1) is 11.8 Å². The summed E-state index contributed by atoms with van der Waals surface area (Å²) in [5, 5.41) is 0. The van der Waals surface area contributed by atoms with Gasteiger partial charge in [-0.05, 0) is 49.6 Å². The molecule has 1 saturated heterocycles. The van der Waals surface area contributed by atoms with Crippen molar-refractivity contribution in [1.82, 2.24) is 4.90 Å². The highest BCUT2D eigenvalue weighted by Crippen LogP contribution is 2.29. The molecule has 1 aromatic carbocycles. The van der Waals surface area contributed by atoms with E-state index in [1.54, 1.807) is 11.8 Å². The van der Waals surface area contributed by atoms with E-state index in [-0.39, 0.29) is 11.3 Å². The van der Waals surface area contributed by atoms with Crippen molar-refractivity contribution in [1.29, 1.82) is 0 Å². The van der Waals surface area contributed by atoms with Crippen molar-refractivity contribution >= 4 is 17.7 Å². The molecule has 1 aromatic rings. The molecule has 1 amide bonds. The van der Waals surface area contributed by atoms with Gasteiger partial charge in [-0.3, -0.25) is 4.79 Å². The average Bonchev–Trinajstić information content (AvgIpc) is 2.90. The summed E-state index contributed by atoms with van der Waals surface area (Å²) in [6.07, 6.45) is 1.00. The number of nitrogens with two attached hydrogens (primary N) is 1. The van der Waals surface area contributed by atoms with Crippen molar-refractivity contribution in [2.24, 2.45) is 11.1 Å². The highest BCUT2D eigenvalue weighted by Gasteiger charge is 2.34. The van der Waals surface area contributed by atoms with Crippen molar-refractivity contribution < 1.29 is 9.53 Å². The molecule has 1 heterocycles. The Hall–Kier alpha value is -1.20. The van der Waals surface area contributed by atoms with Crippen molar-refractivity contribution in [3.8, 4) is 5.75 Å². The van der Waals surface area contributed by atoms with E-state index in [0.717, 1.165) is 30.2 Å². The number of carbonyl (C=O) groups excluding carboxylic acids is 1. The minimum Gasteiger partial charge on any atom is -0.494 e. The molecular weight excluding hydrogens is 284 g/mol. The standard InChI is InChI=1S/C16H24N2O2S/c1-3-20-13-4-6-14(7-5-13)21-10-15(19)18-9-8-16(2,11-17)12-18/h4-7H,3,8-12,17H2,1-2H3. The maximum absolute atomic E-state index is 12.2. The fourth-order valence-corrected chi connectivity index (χ4v) is 3.24. The Morgan fingerprint density at radius 1 is 1.43 bits per heavy atom. The molecule has 1 fully saturated rings. The van der Waals surface area contributed by atoms with Gasteiger partial charge in [-0.2, -0.15) is 0 Å². The Bertz CT molecular complexity index is 478. The lowest BCUT2D eigenvalue weighted by Gasteiger charge is -2.22. The van der Waals surface area contributed by atoms with Crippen molar-refractivity contribution in [2.75, 3.05) is 32.0 Å². The van der Waals surface area contributed by atoms with Gasteiger partial charge >= 0.3 is 0 Å². The smallest absolute Gasteiger partial charge is 0.232 e. The van der Waals surface area contributed by atoms with Gasteiger partial charge in [0, 0.05) is 18.0 Å². The number of rotatable bonds is 6. The van der Waals surface area contributed by atoms with Crippen LogP contribution in [0.5, 0.6) is 5.75 Å². The molecule has 5 heteroatoms. The second kappa shape index (κ2) is 7.18. The van der Waals surface area contributed by atoms with Gasteiger partial charge in [-0.1, -0.05) is 6.92 Å². The molecule has 0 aromatic heterocycles. The fraction of sp³-hybridized carbons (Fsp3) is 0.562. The molecule has 1 aliphatic rings. The van der Waals surface area contributed by atoms with Crippen molar-refractivity contribution in [2.45, 2.75) is 25.2 Å². The molecule has 0 saturated carbocycles. The zero-order valence-electron chi connectivity index (χ0n) is 12.8. The number of carbonyl (C=O) groups is 1. The Kier molecular flexibility index (Phi) is 5.53. The topological polar surface area (TPSA) is 55.6 Å². The number of amides is 1. The van der Waals surface area contributed by atoms with Gasteiger partial charge in [0.2, 0.25) is 5.91 Å². The Labute approximate surface area is 131 Å². The Morgan fingerprint density at radius 2 is 2.14 bits per heavy atom. The summed E-state index contributed by atoms with van der Waals surface area (Å²) in [6, 6.07) is 7.88. The van der Waals surface area contributed by atoms with Gasteiger partial charge in [0.05, 0.1) is 12.4 Å². The van der Waals surface area contributed by atoms with E-state index in [2.05, 4.69) is 6.92 Å². The predicted octanol–water partition coefficient (Wildman–Crippen LogP) is 2.37. The van der Waals surface area contributed by atoms with Crippen LogP contribution in [0.2, 0.25) is 0 Å². The van der Waals surface area contributed by atoms with Crippen LogP contribution in [0.1, 0.15) is 20.3 Å². The van der Waals surface area contributed by atoms with E-state index < -0.39 is 0 Å². The molecule has 0 aliphatic carbocycles. The lowest BCUT2D eigenvalue weighted by Crippen LogP contribution is -2.35. The molecule has 0 spiro atoms. The minimum atomic E-state index is 0.0967. The summed E-state index contributed by atoms with van der Waals surface area (Å²) >= 11 is 1.57. The molecule has 1 aliphatic heterocycles. The van der Waals surface area contributed by atoms with Crippen LogP contribution in [0.15, 0.2) is 29.2 Å². The molecule has 21 heavy (non-hydrogen) atoms. The molecule has 2 N–H and O–H groups in total. The molecule has 1 unspecified atom stereocenters. The van der Waals surface area contributed by atoms with E-state index in [1.807, 2.05) is 36.1 Å². The lowest BCUT2D eigenvalue weighted by atomic mass is 9.90. The van der Waals surface area contributed by atoms with Crippen LogP contribution < -0.4 is 10.5 Å². The monoisotopic (exact) mass is 308 g/mol. The maximum Gasteiger partial charge on any atom is 0.232 e. The Morgan fingerprint density at radius 3 is 2.71 bits per heavy atom. The summed E-state index contributed by atoms with van der Waals surface area (Å²) in [7, 11) is 0. The first-order chi connectivity index (χ1) is 10.1. The van der Waals surface area contributed by atoms with Crippen LogP contribution >= 0.6 is 11.8 Å². The van der Waals surface area contributed by atoms with Crippen LogP contribution in [0, 0.1) is 5.41 Å². The maximum atomic E-state index is 12.2. The minimum absolute atomic E-state index is 0.0967. The summed E-state index contributed by atoms with van der Waals surface area (Å²) in [6.45, 7) is 7.04. The van der Waals surface area contributed by atoms with E-state index in [9.17, 15) is 4.79 Å². The van der Waals surface area contributed by atoms with E-state index >= 15 is 0 Å². The number of likely N-dealkylation sites (tertiary alicyclic amines) is 1. The fourth-order valence-electron chi connectivity index (χ4n) is 2.44.